The molecular formula is C12H15F2IN2O. The van der Waals surface area contributed by atoms with Gasteiger partial charge < -0.3 is 15.7 Å². The van der Waals surface area contributed by atoms with Crippen LogP contribution in [-0.4, -0.2) is 30.8 Å². The molecule has 2 unspecified atom stereocenters. The number of hydrogen-bond donors (Lipinski definition) is 3. The Balaban J connectivity index is 1.92. The first kappa shape index (κ1) is 14.1. The highest BCUT2D eigenvalue weighted by molar-refractivity contribution is 14.1. The van der Waals surface area contributed by atoms with Crippen LogP contribution in [0.1, 0.15) is 5.56 Å². The Labute approximate surface area is 118 Å². The Morgan fingerprint density at radius 1 is 1.39 bits per heavy atom. The first-order valence-electron chi connectivity index (χ1n) is 5.81. The highest BCUT2D eigenvalue weighted by atomic mass is 127. The van der Waals surface area contributed by atoms with Crippen molar-refractivity contribution in [1.82, 2.24) is 10.6 Å². The lowest BCUT2D eigenvalue weighted by molar-refractivity contribution is 0.146. The molecule has 0 bridgehead atoms. The molecular weight excluding hydrogens is 353 g/mol. The van der Waals surface area contributed by atoms with Crippen molar-refractivity contribution in [3.63, 3.8) is 0 Å². The fraction of sp³-hybridized carbons (Fsp3) is 0.500. The van der Waals surface area contributed by atoms with E-state index in [9.17, 15) is 13.9 Å². The van der Waals surface area contributed by atoms with E-state index in [1.165, 1.54) is 12.1 Å². The summed E-state index contributed by atoms with van der Waals surface area (Å²) in [5, 5.41) is 15.7. The minimum atomic E-state index is -0.537. The lowest BCUT2D eigenvalue weighted by Crippen LogP contribution is -2.30. The third-order valence-electron chi connectivity index (χ3n) is 3.15. The zero-order chi connectivity index (χ0) is 13.1. The maximum absolute atomic E-state index is 13.7. The van der Waals surface area contributed by atoms with Crippen molar-refractivity contribution in [2.24, 2.45) is 5.92 Å². The third kappa shape index (κ3) is 3.17. The lowest BCUT2D eigenvalue weighted by Gasteiger charge is -2.14. The highest BCUT2D eigenvalue weighted by Crippen LogP contribution is 2.18. The van der Waals surface area contributed by atoms with Crippen LogP contribution in [-0.2, 0) is 6.54 Å². The van der Waals surface area contributed by atoms with Crippen LogP contribution in [0.3, 0.4) is 0 Å². The Hall–Kier alpha value is -0.310. The summed E-state index contributed by atoms with van der Waals surface area (Å²) >= 11 is 1.84. The molecule has 0 amide bonds. The molecule has 1 aliphatic heterocycles. The predicted octanol–water partition coefficient (Wildman–Crippen LogP) is 1.24. The van der Waals surface area contributed by atoms with Crippen molar-refractivity contribution in [2.45, 2.75) is 12.6 Å². The number of nitrogens with one attached hydrogen (secondary N) is 2. The van der Waals surface area contributed by atoms with Crippen LogP contribution in [0.5, 0.6) is 0 Å². The predicted molar refractivity (Wildman–Crippen MR) is 73.1 cm³/mol. The Bertz CT molecular complexity index is 431. The minimum absolute atomic E-state index is 0.0577. The van der Waals surface area contributed by atoms with E-state index in [4.69, 9.17) is 0 Å². The van der Waals surface area contributed by atoms with E-state index in [-0.39, 0.29) is 24.1 Å². The molecule has 2 atom stereocenters. The number of rotatable bonds is 4. The molecule has 0 aliphatic carbocycles. The van der Waals surface area contributed by atoms with Crippen LogP contribution in [0.2, 0.25) is 0 Å². The number of aliphatic hydroxyl groups is 1. The van der Waals surface area contributed by atoms with Gasteiger partial charge in [-0.05, 0) is 34.7 Å². The standard InChI is InChI=1S/C12H15F2IN2O/c13-9-1-2-10(15)12(14)8(9)5-16-3-7-4-17-6-11(7)18/h1-2,7,11,16-18H,3-6H2. The second-order valence-corrected chi connectivity index (χ2v) is 5.60. The summed E-state index contributed by atoms with van der Waals surface area (Å²) in [5.74, 6) is -0.947. The molecule has 3 N–H and O–H groups in total. The zero-order valence-electron chi connectivity index (χ0n) is 9.72. The molecule has 0 saturated carbocycles. The van der Waals surface area contributed by atoms with E-state index < -0.39 is 11.6 Å². The molecule has 1 aliphatic rings. The summed E-state index contributed by atoms with van der Waals surface area (Å²) in [6.07, 6.45) is -0.386. The second kappa shape index (κ2) is 6.23. The van der Waals surface area contributed by atoms with E-state index in [0.717, 1.165) is 6.54 Å². The molecule has 1 fully saturated rings. The van der Waals surface area contributed by atoms with Gasteiger partial charge in [-0.1, -0.05) is 0 Å². The second-order valence-electron chi connectivity index (χ2n) is 4.44. The smallest absolute Gasteiger partial charge is 0.143 e. The summed E-state index contributed by atoms with van der Waals surface area (Å²) in [6.45, 7) is 1.99. The van der Waals surface area contributed by atoms with E-state index in [0.29, 0.717) is 16.7 Å². The molecule has 0 spiro atoms. The molecule has 18 heavy (non-hydrogen) atoms. The van der Waals surface area contributed by atoms with Crippen LogP contribution in [0, 0.1) is 21.1 Å². The van der Waals surface area contributed by atoms with E-state index in [1.54, 1.807) is 0 Å². The molecule has 1 aromatic rings. The monoisotopic (exact) mass is 368 g/mol. The Kier molecular flexibility index (Phi) is 4.88. The van der Waals surface area contributed by atoms with Crippen molar-refractivity contribution in [1.29, 1.82) is 0 Å². The maximum Gasteiger partial charge on any atom is 0.143 e. The van der Waals surface area contributed by atoms with Crippen molar-refractivity contribution in [3.8, 4) is 0 Å². The molecule has 1 saturated heterocycles. The van der Waals surface area contributed by atoms with Crippen molar-refractivity contribution < 1.29 is 13.9 Å². The Morgan fingerprint density at radius 3 is 2.83 bits per heavy atom. The van der Waals surface area contributed by atoms with Gasteiger partial charge in [0.2, 0.25) is 0 Å². The number of halogens is 3. The SMILES string of the molecule is OC1CNCC1CNCc1c(F)ccc(I)c1F. The fourth-order valence-electron chi connectivity index (χ4n) is 2.04. The van der Waals surface area contributed by atoms with Crippen LogP contribution < -0.4 is 10.6 Å². The van der Waals surface area contributed by atoms with Crippen LogP contribution in [0.15, 0.2) is 12.1 Å². The van der Waals surface area contributed by atoms with E-state index in [1.807, 2.05) is 22.6 Å². The topological polar surface area (TPSA) is 44.3 Å². The molecule has 2 rings (SSSR count). The van der Waals surface area contributed by atoms with Gasteiger partial charge in [-0.25, -0.2) is 8.78 Å². The molecule has 1 heterocycles. The summed E-state index contributed by atoms with van der Waals surface area (Å²) in [5.41, 5.74) is 0.0577. The van der Waals surface area contributed by atoms with Gasteiger partial charge >= 0.3 is 0 Å². The van der Waals surface area contributed by atoms with E-state index >= 15 is 0 Å². The third-order valence-corrected chi connectivity index (χ3v) is 3.98. The normalized spacial score (nSPS) is 23.6. The quantitative estimate of drug-likeness (QED) is 0.554. The number of β-amino-alcohol motifs (C(OH)–C–C–N with tert-alkyl or cyclic N) is 1. The molecule has 1 aromatic carbocycles. The van der Waals surface area contributed by atoms with Gasteiger partial charge in [-0.2, -0.15) is 0 Å². The average molecular weight is 368 g/mol. The molecule has 0 radical (unpaired) electrons. The summed E-state index contributed by atoms with van der Waals surface area (Å²) in [6, 6.07) is 2.69. The molecule has 100 valence electrons. The minimum Gasteiger partial charge on any atom is -0.391 e. The summed E-state index contributed by atoms with van der Waals surface area (Å²) in [4.78, 5) is 0. The van der Waals surface area contributed by atoms with Crippen LogP contribution >= 0.6 is 22.6 Å². The summed E-state index contributed by atoms with van der Waals surface area (Å²) in [7, 11) is 0. The van der Waals surface area contributed by atoms with Gasteiger partial charge in [0.1, 0.15) is 11.6 Å². The first-order valence-corrected chi connectivity index (χ1v) is 6.89. The van der Waals surface area contributed by atoms with Gasteiger partial charge in [-0.15, -0.1) is 0 Å². The average Bonchev–Trinajstić information content (AvgIpc) is 2.74. The van der Waals surface area contributed by atoms with Crippen molar-refractivity contribution in [3.05, 3.63) is 32.9 Å². The van der Waals surface area contributed by atoms with Crippen LogP contribution in [0.25, 0.3) is 0 Å². The van der Waals surface area contributed by atoms with Crippen molar-refractivity contribution in [2.75, 3.05) is 19.6 Å². The molecule has 0 aromatic heterocycles. The zero-order valence-corrected chi connectivity index (χ0v) is 11.9. The van der Waals surface area contributed by atoms with Crippen molar-refractivity contribution >= 4 is 22.6 Å². The maximum atomic E-state index is 13.7. The van der Waals surface area contributed by atoms with Gasteiger partial charge in [0.25, 0.3) is 0 Å². The van der Waals surface area contributed by atoms with Gasteiger partial charge in [0.05, 0.1) is 6.10 Å². The van der Waals surface area contributed by atoms with Gasteiger partial charge in [0, 0.05) is 41.2 Å². The number of aliphatic hydroxyl groups excluding tert-OH is 1. The number of benzene rings is 1. The number of hydrogen-bond acceptors (Lipinski definition) is 3. The molecule has 6 heteroatoms. The van der Waals surface area contributed by atoms with E-state index in [2.05, 4.69) is 10.6 Å². The van der Waals surface area contributed by atoms with Gasteiger partial charge in [-0.3, -0.25) is 0 Å². The highest BCUT2D eigenvalue weighted by Gasteiger charge is 2.24. The molecule has 3 nitrogen and oxygen atoms in total. The van der Waals surface area contributed by atoms with Gasteiger partial charge in [0.15, 0.2) is 0 Å². The Morgan fingerprint density at radius 2 is 2.17 bits per heavy atom. The fourth-order valence-corrected chi connectivity index (χ4v) is 2.55. The van der Waals surface area contributed by atoms with Crippen LogP contribution in [0.4, 0.5) is 8.78 Å². The summed E-state index contributed by atoms with van der Waals surface area (Å²) < 4.78 is 27.6. The largest absolute Gasteiger partial charge is 0.391 e. The first-order chi connectivity index (χ1) is 8.59. The lowest BCUT2D eigenvalue weighted by atomic mass is 10.1.